The number of hydrogen-bond acceptors (Lipinski definition) is 6. The summed E-state index contributed by atoms with van der Waals surface area (Å²) >= 11 is 0.922. The van der Waals surface area contributed by atoms with Crippen LogP contribution in [0.5, 0.6) is 0 Å². The van der Waals surface area contributed by atoms with Crippen LogP contribution in [0.4, 0.5) is 15.2 Å². The van der Waals surface area contributed by atoms with Gasteiger partial charge in [-0.1, -0.05) is 0 Å². The molecule has 0 saturated heterocycles. The zero-order valence-corrected chi connectivity index (χ0v) is 10.8. The molecule has 0 aliphatic rings. The van der Waals surface area contributed by atoms with E-state index in [-0.39, 0.29) is 15.7 Å². The first-order valence-electron chi connectivity index (χ1n) is 4.76. The number of benzene rings is 1. The smallest absolute Gasteiger partial charge is 0.263 e. The van der Waals surface area contributed by atoms with Gasteiger partial charge in [-0.25, -0.2) is 17.8 Å². The number of aromatic nitrogens is 2. The fourth-order valence-electron chi connectivity index (χ4n) is 1.20. The molecule has 0 radical (unpaired) electrons. The van der Waals surface area contributed by atoms with Crippen LogP contribution in [0.25, 0.3) is 0 Å². The van der Waals surface area contributed by atoms with Gasteiger partial charge >= 0.3 is 0 Å². The molecule has 2 aromatic rings. The highest BCUT2D eigenvalue weighted by molar-refractivity contribution is 7.93. The average Bonchev–Trinajstić information content (AvgIpc) is 2.67. The number of anilines is 2. The quantitative estimate of drug-likeness (QED) is 0.831. The number of sulfonamides is 1. The Labute approximate surface area is 107 Å². The largest absolute Gasteiger partial charge is 0.396 e. The summed E-state index contributed by atoms with van der Waals surface area (Å²) in [4.78, 5) is 3.74. The first-order chi connectivity index (χ1) is 8.38. The van der Waals surface area contributed by atoms with Crippen LogP contribution >= 0.6 is 11.5 Å². The molecular weight excluding hydrogens is 279 g/mol. The Hall–Kier alpha value is -1.74. The Balaban J connectivity index is 2.33. The lowest BCUT2D eigenvalue weighted by atomic mass is 10.3. The van der Waals surface area contributed by atoms with Gasteiger partial charge in [0.15, 0.2) is 0 Å². The molecule has 1 heterocycles. The molecule has 6 nitrogen and oxygen atoms in total. The number of rotatable bonds is 3. The molecule has 0 atom stereocenters. The summed E-state index contributed by atoms with van der Waals surface area (Å²) < 4.78 is 42.9. The van der Waals surface area contributed by atoms with Gasteiger partial charge in [0, 0.05) is 11.5 Å². The molecular formula is C9H9FN4O2S2. The Morgan fingerprint density at radius 1 is 1.44 bits per heavy atom. The zero-order chi connectivity index (χ0) is 13.3. The van der Waals surface area contributed by atoms with Crippen molar-refractivity contribution in [3.63, 3.8) is 0 Å². The van der Waals surface area contributed by atoms with Crippen molar-refractivity contribution in [1.82, 2.24) is 9.36 Å². The number of nitrogens with zero attached hydrogens (tertiary/aromatic N) is 2. The van der Waals surface area contributed by atoms with Crippen LogP contribution in [0.2, 0.25) is 0 Å². The van der Waals surface area contributed by atoms with Crippen LogP contribution in [0, 0.1) is 12.7 Å². The van der Waals surface area contributed by atoms with Gasteiger partial charge < -0.3 is 5.73 Å². The maximum Gasteiger partial charge on any atom is 0.263 e. The molecule has 96 valence electrons. The summed E-state index contributed by atoms with van der Waals surface area (Å²) in [5.41, 5.74) is 5.09. The number of hydrogen-bond donors (Lipinski definition) is 2. The molecule has 0 bridgehead atoms. The third kappa shape index (κ3) is 2.57. The van der Waals surface area contributed by atoms with Crippen molar-refractivity contribution in [2.45, 2.75) is 11.8 Å². The van der Waals surface area contributed by atoms with Crippen LogP contribution in [0.3, 0.4) is 0 Å². The van der Waals surface area contributed by atoms with E-state index in [1.54, 1.807) is 6.92 Å². The number of halogens is 1. The predicted octanol–water partition coefficient (Wildman–Crippen LogP) is 1.37. The van der Waals surface area contributed by atoms with Gasteiger partial charge in [0.25, 0.3) is 10.0 Å². The van der Waals surface area contributed by atoms with Crippen LogP contribution < -0.4 is 10.5 Å². The van der Waals surface area contributed by atoms with Crippen LogP contribution in [0.1, 0.15) is 5.82 Å². The summed E-state index contributed by atoms with van der Waals surface area (Å²) in [6, 6.07) is 3.17. The third-order valence-corrected chi connectivity index (χ3v) is 4.21. The molecule has 0 aliphatic heterocycles. The number of nitrogens with one attached hydrogen (secondary N) is 1. The minimum absolute atomic E-state index is 0.130. The maximum absolute atomic E-state index is 13.0. The molecule has 1 aromatic carbocycles. The van der Waals surface area contributed by atoms with Crippen LogP contribution in [-0.4, -0.2) is 17.8 Å². The summed E-state index contributed by atoms with van der Waals surface area (Å²) in [7, 11) is -3.83. The summed E-state index contributed by atoms with van der Waals surface area (Å²) in [5, 5.41) is 0.149. The van der Waals surface area contributed by atoms with E-state index in [4.69, 9.17) is 5.73 Å². The van der Waals surface area contributed by atoms with Crippen molar-refractivity contribution in [3.8, 4) is 0 Å². The van der Waals surface area contributed by atoms with Gasteiger partial charge in [-0.15, -0.1) is 0 Å². The number of nitrogens with two attached hydrogens (primary N) is 1. The lowest BCUT2D eigenvalue weighted by Gasteiger charge is -2.05. The molecule has 18 heavy (non-hydrogen) atoms. The molecule has 0 spiro atoms. The fourth-order valence-corrected chi connectivity index (χ4v) is 3.03. The van der Waals surface area contributed by atoms with Gasteiger partial charge in [-0.2, -0.15) is 4.37 Å². The second-order valence-corrected chi connectivity index (χ2v) is 5.87. The molecule has 2 rings (SSSR count). The fraction of sp³-hybridized carbons (Fsp3) is 0.111. The SMILES string of the molecule is Cc1nsc(NS(=O)(=O)c2ccc(F)c(N)c2)n1. The molecule has 0 saturated carbocycles. The van der Waals surface area contributed by atoms with Gasteiger partial charge in [-0.3, -0.25) is 4.72 Å². The third-order valence-electron chi connectivity index (χ3n) is 2.03. The number of nitrogen functional groups attached to an aromatic ring is 1. The molecule has 0 fully saturated rings. The summed E-state index contributed by atoms with van der Waals surface area (Å²) in [6.07, 6.45) is 0. The van der Waals surface area contributed by atoms with Gasteiger partial charge in [0.1, 0.15) is 11.6 Å². The number of aryl methyl sites for hydroxylation is 1. The average molecular weight is 288 g/mol. The van der Waals surface area contributed by atoms with E-state index >= 15 is 0 Å². The molecule has 1 aromatic heterocycles. The first-order valence-corrected chi connectivity index (χ1v) is 7.02. The van der Waals surface area contributed by atoms with E-state index in [1.807, 2.05) is 0 Å². The van der Waals surface area contributed by atoms with Crippen molar-refractivity contribution >= 4 is 32.4 Å². The Morgan fingerprint density at radius 3 is 2.72 bits per heavy atom. The summed E-state index contributed by atoms with van der Waals surface area (Å²) in [6.45, 7) is 1.64. The van der Waals surface area contributed by atoms with E-state index in [1.165, 1.54) is 0 Å². The maximum atomic E-state index is 13.0. The predicted molar refractivity (Wildman–Crippen MR) is 66.3 cm³/mol. The molecule has 9 heteroatoms. The van der Waals surface area contributed by atoms with E-state index in [0.717, 1.165) is 29.7 Å². The Kier molecular flexibility index (Phi) is 3.18. The van der Waals surface area contributed by atoms with Crippen LogP contribution in [-0.2, 0) is 10.0 Å². The second-order valence-electron chi connectivity index (χ2n) is 3.44. The minimum Gasteiger partial charge on any atom is -0.396 e. The minimum atomic E-state index is -3.83. The van der Waals surface area contributed by atoms with Crippen molar-refractivity contribution in [1.29, 1.82) is 0 Å². The second kappa shape index (κ2) is 4.50. The monoisotopic (exact) mass is 288 g/mol. The molecule has 3 N–H and O–H groups in total. The van der Waals surface area contributed by atoms with E-state index in [2.05, 4.69) is 14.1 Å². The lowest BCUT2D eigenvalue weighted by Crippen LogP contribution is -2.13. The Morgan fingerprint density at radius 2 is 2.17 bits per heavy atom. The van der Waals surface area contributed by atoms with Gasteiger partial charge in [0.05, 0.1) is 10.6 Å². The van der Waals surface area contributed by atoms with Crippen molar-refractivity contribution < 1.29 is 12.8 Å². The van der Waals surface area contributed by atoms with Crippen LogP contribution in [0.15, 0.2) is 23.1 Å². The highest BCUT2D eigenvalue weighted by Crippen LogP contribution is 2.20. The summed E-state index contributed by atoms with van der Waals surface area (Å²) in [5.74, 6) is -0.197. The van der Waals surface area contributed by atoms with Crippen molar-refractivity contribution in [2.24, 2.45) is 0 Å². The van der Waals surface area contributed by atoms with Crippen molar-refractivity contribution in [3.05, 3.63) is 29.8 Å². The topological polar surface area (TPSA) is 98.0 Å². The molecule has 0 amide bonds. The highest BCUT2D eigenvalue weighted by atomic mass is 32.2. The zero-order valence-electron chi connectivity index (χ0n) is 9.21. The highest BCUT2D eigenvalue weighted by Gasteiger charge is 2.17. The standard InChI is InChI=1S/C9H9FN4O2S2/c1-5-12-9(17-13-5)14-18(15,16)6-2-3-7(10)8(11)4-6/h2-4H,11H2,1H3,(H,12,13,14). The molecule has 0 aliphatic carbocycles. The van der Waals surface area contributed by atoms with E-state index < -0.39 is 15.8 Å². The first kappa shape index (κ1) is 12.7. The van der Waals surface area contributed by atoms with E-state index in [9.17, 15) is 12.8 Å². The van der Waals surface area contributed by atoms with E-state index in [0.29, 0.717) is 5.82 Å². The normalized spacial score (nSPS) is 11.4. The molecule has 0 unspecified atom stereocenters. The Bertz CT molecular complexity index is 684. The van der Waals surface area contributed by atoms with Gasteiger partial charge in [-0.05, 0) is 25.1 Å². The van der Waals surface area contributed by atoms with Gasteiger partial charge in [0.2, 0.25) is 5.13 Å². The lowest BCUT2D eigenvalue weighted by molar-refractivity contribution is 0.600. The van der Waals surface area contributed by atoms with Crippen molar-refractivity contribution in [2.75, 3.05) is 10.5 Å².